The molecule has 3 aromatic heterocycles. The third-order valence-corrected chi connectivity index (χ3v) is 6.28. The van der Waals surface area contributed by atoms with Gasteiger partial charge in [0.25, 0.3) is 17.6 Å². The molecule has 1 fully saturated rings. The lowest BCUT2D eigenvalue weighted by molar-refractivity contribution is -0.127. The minimum absolute atomic E-state index is 0.0718. The Balaban J connectivity index is 1.36. The van der Waals surface area contributed by atoms with E-state index in [1.165, 1.54) is 23.5 Å². The number of hydrogen-bond donors (Lipinski definition) is 2. The van der Waals surface area contributed by atoms with Gasteiger partial charge in [-0.1, -0.05) is 23.3 Å². The second-order valence-electron chi connectivity index (χ2n) is 8.62. The number of carbonyl (C=O) groups excluding carboxylic acids is 2. The number of aromatic amines is 1. The molecule has 0 unspecified atom stereocenters. The average Bonchev–Trinajstić information content (AvgIpc) is 3.60. The first-order valence-corrected chi connectivity index (χ1v) is 11.7. The van der Waals surface area contributed by atoms with E-state index in [1.54, 1.807) is 4.68 Å². The van der Waals surface area contributed by atoms with Crippen molar-refractivity contribution in [1.29, 1.82) is 0 Å². The Labute approximate surface area is 216 Å². The first-order valence-electron chi connectivity index (χ1n) is 11.7. The molecule has 1 aromatic carbocycles. The Hall–Kier alpha value is -4.98. The van der Waals surface area contributed by atoms with Crippen LogP contribution in [0.1, 0.15) is 17.3 Å². The SMILES string of the molecule is C=N/C=C\N(N)c1ncc(F)c2c(C(=O)C(=O)N3CCN(c4nnnn4-c4ccccc4)[C@@H](C)C3)c[nH]c12. The van der Waals surface area contributed by atoms with Gasteiger partial charge in [0, 0.05) is 44.3 Å². The number of anilines is 2. The molecule has 38 heavy (non-hydrogen) atoms. The number of benzene rings is 1. The highest BCUT2D eigenvalue weighted by atomic mass is 19.1. The summed E-state index contributed by atoms with van der Waals surface area (Å²) in [5.74, 6) is 4.29. The first-order chi connectivity index (χ1) is 18.4. The van der Waals surface area contributed by atoms with Crippen LogP contribution in [0.2, 0.25) is 0 Å². The second-order valence-corrected chi connectivity index (χ2v) is 8.62. The summed E-state index contributed by atoms with van der Waals surface area (Å²) in [7, 11) is 0. The third-order valence-electron chi connectivity index (χ3n) is 6.28. The second kappa shape index (κ2) is 10.2. The number of amides is 1. The van der Waals surface area contributed by atoms with Crippen molar-refractivity contribution in [2.24, 2.45) is 10.8 Å². The Morgan fingerprint density at radius 3 is 2.82 bits per heavy atom. The van der Waals surface area contributed by atoms with Crippen molar-refractivity contribution in [3.8, 4) is 5.69 Å². The van der Waals surface area contributed by atoms with E-state index in [9.17, 15) is 14.0 Å². The number of pyridine rings is 1. The van der Waals surface area contributed by atoms with Gasteiger partial charge in [0.1, 0.15) is 0 Å². The van der Waals surface area contributed by atoms with E-state index in [1.807, 2.05) is 42.2 Å². The zero-order valence-electron chi connectivity index (χ0n) is 20.4. The molecule has 1 aliphatic heterocycles. The highest BCUT2D eigenvalue weighted by molar-refractivity contribution is 6.45. The van der Waals surface area contributed by atoms with Crippen molar-refractivity contribution in [2.75, 3.05) is 29.5 Å². The number of fused-ring (bicyclic) bond motifs is 1. The highest BCUT2D eigenvalue weighted by Crippen LogP contribution is 2.29. The number of H-pyrrole nitrogens is 1. The van der Waals surface area contributed by atoms with E-state index >= 15 is 0 Å². The molecule has 0 bridgehead atoms. The lowest BCUT2D eigenvalue weighted by Gasteiger charge is -2.39. The number of hydrazine groups is 1. The van der Waals surface area contributed by atoms with E-state index in [-0.39, 0.29) is 41.4 Å². The topological polar surface area (TPSA) is 155 Å². The van der Waals surface area contributed by atoms with Crippen LogP contribution in [0.25, 0.3) is 16.6 Å². The molecule has 194 valence electrons. The van der Waals surface area contributed by atoms with Crippen LogP contribution >= 0.6 is 0 Å². The van der Waals surface area contributed by atoms with E-state index in [4.69, 9.17) is 5.84 Å². The summed E-state index contributed by atoms with van der Waals surface area (Å²) in [6.45, 7) is 6.15. The number of halogens is 1. The predicted molar refractivity (Wildman–Crippen MR) is 138 cm³/mol. The van der Waals surface area contributed by atoms with Gasteiger partial charge in [-0.2, -0.15) is 4.68 Å². The summed E-state index contributed by atoms with van der Waals surface area (Å²) in [5, 5.41) is 13.1. The van der Waals surface area contributed by atoms with Crippen molar-refractivity contribution in [2.45, 2.75) is 13.0 Å². The van der Waals surface area contributed by atoms with Gasteiger partial charge in [-0.15, -0.1) is 0 Å². The molecular formula is C24H24FN11O2. The minimum Gasteiger partial charge on any atom is -0.357 e. The number of ketones is 1. The summed E-state index contributed by atoms with van der Waals surface area (Å²) >= 11 is 0. The molecule has 4 aromatic rings. The van der Waals surface area contributed by atoms with Crippen LogP contribution in [0.4, 0.5) is 16.2 Å². The lowest BCUT2D eigenvalue weighted by atomic mass is 10.1. The van der Waals surface area contributed by atoms with Gasteiger partial charge < -0.3 is 14.8 Å². The van der Waals surface area contributed by atoms with Crippen LogP contribution in [-0.2, 0) is 4.79 Å². The van der Waals surface area contributed by atoms with Crippen molar-refractivity contribution in [3.05, 3.63) is 66.5 Å². The van der Waals surface area contributed by atoms with E-state index in [2.05, 4.69) is 37.2 Å². The zero-order valence-corrected chi connectivity index (χ0v) is 20.4. The summed E-state index contributed by atoms with van der Waals surface area (Å²) < 4.78 is 16.4. The largest absolute Gasteiger partial charge is 0.357 e. The molecule has 1 aliphatic rings. The number of aliphatic imine (C=N–C) groups is 1. The number of nitrogens with zero attached hydrogens (tertiary/aromatic N) is 9. The fourth-order valence-corrected chi connectivity index (χ4v) is 4.45. The number of hydrogen-bond acceptors (Lipinski definition) is 10. The van der Waals surface area contributed by atoms with Gasteiger partial charge in [-0.3, -0.25) is 19.6 Å². The van der Waals surface area contributed by atoms with Crippen LogP contribution in [0.3, 0.4) is 0 Å². The van der Waals surface area contributed by atoms with Gasteiger partial charge >= 0.3 is 0 Å². The summed E-state index contributed by atoms with van der Waals surface area (Å²) in [6.07, 6.45) is 4.93. The van der Waals surface area contributed by atoms with Crippen LogP contribution in [0.5, 0.6) is 0 Å². The van der Waals surface area contributed by atoms with Gasteiger partial charge in [0.2, 0.25) is 0 Å². The van der Waals surface area contributed by atoms with Crippen molar-refractivity contribution >= 4 is 41.1 Å². The van der Waals surface area contributed by atoms with Crippen LogP contribution in [0.15, 0.2) is 60.1 Å². The fourth-order valence-electron chi connectivity index (χ4n) is 4.45. The fraction of sp³-hybridized carbons (Fsp3) is 0.208. The maximum atomic E-state index is 14.8. The van der Waals surface area contributed by atoms with Crippen LogP contribution in [-0.4, -0.2) is 79.2 Å². The molecule has 1 amide bonds. The zero-order chi connectivity index (χ0) is 26.8. The molecule has 0 aliphatic carbocycles. The van der Waals surface area contributed by atoms with Crippen LogP contribution < -0.4 is 15.8 Å². The number of nitrogens with two attached hydrogens (primary N) is 1. The van der Waals surface area contributed by atoms with E-state index in [0.29, 0.717) is 12.5 Å². The maximum Gasteiger partial charge on any atom is 0.295 e. The van der Waals surface area contributed by atoms with Crippen molar-refractivity contribution in [3.63, 3.8) is 0 Å². The molecule has 0 saturated carbocycles. The molecule has 3 N–H and O–H groups in total. The smallest absolute Gasteiger partial charge is 0.295 e. The highest BCUT2D eigenvalue weighted by Gasteiger charge is 2.34. The molecule has 13 nitrogen and oxygen atoms in total. The number of aromatic nitrogens is 6. The Morgan fingerprint density at radius 2 is 2.08 bits per heavy atom. The summed E-state index contributed by atoms with van der Waals surface area (Å²) in [4.78, 5) is 40.3. The van der Waals surface area contributed by atoms with Crippen LogP contribution in [0, 0.1) is 5.82 Å². The van der Waals surface area contributed by atoms with Gasteiger partial charge in [-0.05, 0) is 36.2 Å². The number of rotatable bonds is 7. The van der Waals surface area contributed by atoms with Gasteiger partial charge in [-0.25, -0.2) is 15.2 Å². The average molecular weight is 518 g/mol. The van der Waals surface area contributed by atoms with E-state index in [0.717, 1.165) is 16.9 Å². The standard InChI is InChI=1S/C24H24FN11O2/c1-15-14-33(10-11-34(15)24-30-31-32-36(24)16-6-4-3-5-7-16)23(38)21(37)17-12-28-20-19(17)18(25)13-29-22(20)35(26)9-8-27-2/h3-9,12-13,15,28H,2,10-11,14,26H2,1H3/b9-8-/t15-/m0/s1. The maximum absolute atomic E-state index is 14.8. The minimum atomic E-state index is -0.839. The molecule has 14 heteroatoms. The molecule has 0 radical (unpaired) electrons. The molecular weight excluding hydrogens is 493 g/mol. The predicted octanol–water partition coefficient (Wildman–Crippen LogP) is 1.45. The molecule has 1 saturated heterocycles. The van der Waals surface area contributed by atoms with Gasteiger partial charge in [0.15, 0.2) is 11.6 Å². The number of carbonyl (C=O) groups is 2. The summed E-state index contributed by atoms with van der Waals surface area (Å²) in [5.41, 5.74) is 0.868. The van der Waals surface area contributed by atoms with Crippen molar-refractivity contribution < 1.29 is 14.0 Å². The molecule has 4 heterocycles. The number of piperazine rings is 1. The molecule has 5 rings (SSSR count). The van der Waals surface area contributed by atoms with E-state index < -0.39 is 17.5 Å². The number of tetrazole rings is 1. The first kappa shape index (κ1) is 24.7. The Kier molecular flexibility index (Phi) is 6.62. The quantitative estimate of drug-likeness (QED) is 0.122. The third kappa shape index (κ3) is 4.37. The summed E-state index contributed by atoms with van der Waals surface area (Å²) in [6, 6.07) is 9.26. The molecule has 1 atom stereocenters. The number of Topliss-reactive ketones (excluding diaryl/α,β-unsaturated/α-hetero) is 1. The Bertz CT molecular complexity index is 1530. The van der Waals surface area contributed by atoms with Crippen molar-refractivity contribution in [1.82, 2.24) is 35.1 Å². The van der Waals surface area contributed by atoms with Gasteiger partial charge in [0.05, 0.1) is 28.4 Å². The Morgan fingerprint density at radius 1 is 1.29 bits per heavy atom. The normalized spacial score (nSPS) is 15.8. The monoisotopic (exact) mass is 517 g/mol. The number of nitrogens with one attached hydrogen (secondary N) is 1. The molecule has 0 spiro atoms. The number of para-hydroxylation sites is 1. The lowest BCUT2D eigenvalue weighted by Crippen LogP contribution is -2.55.